The van der Waals surface area contributed by atoms with Gasteiger partial charge in [-0.1, -0.05) is 78.9 Å². The summed E-state index contributed by atoms with van der Waals surface area (Å²) in [6, 6.07) is 58.0. The summed E-state index contributed by atoms with van der Waals surface area (Å²) in [5, 5.41) is 33.8. The van der Waals surface area contributed by atoms with Crippen LogP contribution in [0.5, 0.6) is 0 Å². The molecule has 0 radical (unpaired) electrons. The van der Waals surface area contributed by atoms with Crippen LogP contribution in [0.3, 0.4) is 0 Å². The second-order valence-corrected chi connectivity index (χ2v) is 12.3. The van der Waals surface area contributed by atoms with Crippen LogP contribution in [0.2, 0.25) is 0 Å². The summed E-state index contributed by atoms with van der Waals surface area (Å²) in [6.45, 7) is 0. The number of fused-ring (bicyclic) bond motifs is 6. The maximum Gasteiger partial charge on any atom is 0.0992 e. The first kappa shape index (κ1) is 28.8. The Morgan fingerprint density at radius 3 is 1.46 bits per heavy atom. The lowest BCUT2D eigenvalue weighted by Crippen LogP contribution is -1.99. The fourth-order valence-electron chi connectivity index (χ4n) is 7.45. The average molecular weight is 636 g/mol. The van der Waals surface area contributed by atoms with E-state index in [0.29, 0.717) is 16.7 Å². The lowest BCUT2D eigenvalue weighted by molar-refractivity contribution is 1.17. The van der Waals surface area contributed by atoms with Crippen LogP contribution < -0.4 is 0 Å². The molecule has 9 rings (SSSR count). The van der Waals surface area contributed by atoms with Crippen molar-refractivity contribution in [3.05, 3.63) is 168 Å². The number of para-hydroxylation sites is 3. The Morgan fingerprint density at radius 1 is 0.360 bits per heavy atom. The van der Waals surface area contributed by atoms with Gasteiger partial charge in [-0.05, 0) is 89.5 Å². The van der Waals surface area contributed by atoms with Crippen molar-refractivity contribution in [2.24, 2.45) is 0 Å². The topological polar surface area (TPSA) is 81.2 Å². The van der Waals surface area contributed by atoms with Crippen molar-refractivity contribution < 1.29 is 0 Å². The van der Waals surface area contributed by atoms with Crippen LogP contribution in [0.25, 0.3) is 77.2 Å². The van der Waals surface area contributed by atoms with Crippen molar-refractivity contribution in [2.75, 3.05) is 0 Å². The number of rotatable bonds is 4. The van der Waals surface area contributed by atoms with E-state index < -0.39 is 0 Å². The molecule has 0 saturated heterocycles. The average Bonchev–Trinajstić information content (AvgIpc) is 3.69. The molecule has 7 aromatic carbocycles. The monoisotopic (exact) mass is 635 g/mol. The molecule has 0 saturated carbocycles. The van der Waals surface area contributed by atoms with Crippen LogP contribution in [0.1, 0.15) is 16.7 Å². The number of nitriles is 3. The molecule has 0 amide bonds. The van der Waals surface area contributed by atoms with Gasteiger partial charge in [0.15, 0.2) is 0 Å². The number of aromatic nitrogens is 2. The van der Waals surface area contributed by atoms with Gasteiger partial charge in [-0.25, -0.2) is 0 Å². The van der Waals surface area contributed by atoms with Crippen LogP contribution in [-0.2, 0) is 0 Å². The highest BCUT2D eigenvalue weighted by atomic mass is 15.0. The van der Waals surface area contributed by atoms with Gasteiger partial charge in [0.05, 0.1) is 62.7 Å². The zero-order valence-corrected chi connectivity index (χ0v) is 26.7. The van der Waals surface area contributed by atoms with Gasteiger partial charge in [0.1, 0.15) is 0 Å². The van der Waals surface area contributed by atoms with Crippen molar-refractivity contribution in [1.82, 2.24) is 9.13 Å². The zero-order valence-electron chi connectivity index (χ0n) is 26.7. The molecule has 0 aliphatic heterocycles. The maximum atomic E-state index is 10.3. The quantitative estimate of drug-likeness (QED) is 0.193. The standard InChI is InChI=1S/C45H25N5/c46-26-29-17-19-44-39(23-29)40-24-30(27-47)18-20-45(40)49(44)33-22-31(28-48)21-32(25-33)34-9-1-2-10-35(34)36-11-3-6-14-41(36)50-42-15-7-4-12-37(42)38-13-5-8-16-43(38)50/h1-25H. The Bertz CT molecular complexity index is 2850. The molecule has 0 spiro atoms. The normalized spacial score (nSPS) is 11.1. The molecule has 50 heavy (non-hydrogen) atoms. The number of hydrogen-bond donors (Lipinski definition) is 0. The Labute approximate surface area is 287 Å². The van der Waals surface area contributed by atoms with E-state index in [0.717, 1.165) is 66.5 Å². The van der Waals surface area contributed by atoms with Crippen LogP contribution in [0.4, 0.5) is 0 Å². The molecule has 0 fully saturated rings. The molecule has 0 N–H and O–H groups in total. The Hall–Kier alpha value is -7.39. The Balaban J connectivity index is 1.29. The Kier molecular flexibility index (Phi) is 6.56. The molecule has 230 valence electrons. The number of benzene rings is 7. The van der Waals surface area contributed by atoms with Gasteiger partial charge in [-0.15, -0.1) is 0 Å². The minimum absolute atomic E-state index is 0.528. The molecule has 0 aliphatic rings. The van der Waals surface area contributed by atoms with Gasteiger partial charge >= 0.3 is 0 Å². The molecule has 2 aromatic heterocycles. The SMILES string of the molecule is N#Cc1cc(-c2ccccc2-c2ccccc2-n2c3ccccc3c3ccccc32)cc(-n2c3ccc(C#N)cc3c3cc(C#N)ccc32)c1. The third-order valence-electron chi connectivity index (χ3n) is 9.58. The van der Waals surface area contributed by atoms with Crippen molar-refractivity contribution in [1.29, 1.82) is 15.8 Å². The zero-order chi connectivity index (χ0) is 33.8. The molecule has 2 heterocycles. The minimum Gasteiger partial charge on any atom is -0.309 e. The first-order valence-corrected chi connectivity index (χ1v) is 16.3. The highest BCUT2D eigenvalue weighted by Crippen LogP contribution is 2.41. The Morgan fingerprint density at radius 2 is 0.860 bits per heavy atom. The van der Waals surface area contributed by atoms with Gasteiger partial charge in [-0.2, -0.15) is 15.8 Å². The van der Waals surface area contributed by atoms with E-state index in [1.54, 1.807) is 12.1 Å². The van der Waals surface area contributed by atoms with Gasteiger partial charge < -0.3 is 9.13 Å². The van der Waals surface area contributed by atoms with Crippen LogP contribution in [0.15, 0.2) is 152 Å². The molecular weight excluding hydrogens is 611 g/mol. The molecule has 0 bridgehead atoms. The highest BCUT2D eigenvalue weighted by molar-refractivity contribution is 6.11. The van der Waals surface area contributed by atoms with Crippen LogP contribution >= 0.6 is 0 Å². The molecule has 0 unspecified atom stereocenters. The molecule has 5 heteroatoms. The van der Waals surface area contributed by atoms with E-state index in [9.17, 15) is 15.8 Å². The van der Waals surface area contributed by atoms with Crippen molar-refractivity contribution in [3.63, 3.8) is 0 Å². The summed E-state index contributed by atoms with van der Waals surface area (Å²) in [4.78, 5) is 0. The van der Waals surface area contributed by atoms with E-state index in [4.69, 9.17) is 0 Å². The molecule has 0 aliphatic carbocycles. The van der Waals surface area contributed by atoms with E-state index in [-0.39, 0.29) is 0 Å². The highest BCUT2D eigenvalue weighted by Gasteiger charge is 2.19. The third-order valence-corrected chi connectivity index (χ3v) is 9.58. The summed E-state index contributed by atoms with van der Waals surface area (Å²) in [5.74, 6) is 0. The van der Waals surface area contributed by atoms with Gasteiger partial charge in [0, 0.05) is 32.8 Å². The molecule has 9 aromatic rings. The summed E-state index contributed by atoms with van der Waals surface area (Å²) in [6.07, 6.45) is 0. The summed E-state index contributed by atoms with van der Waals surface area (Å²) < 4.78 is 4.46. The predicted molar refractivity (Wildman–Crippen MR) is 200 cm³/mol. The fraction of sp³-hybridized carbons (Fsp3) is 0. The van der Waals surface area contributed by atoms with E-state index in [2.05, 4.69) is 124 Å². The molecule has 5 nitrogen and oxygen atoms in total. The van der Waals surface area contributed by atoms with E-state index in [1.807, 2.05) is 42.5 Å². The summed E-state index contributed by atoms with van der Waals surface area (Å²) >= 11 is 0. The number of nitrogens with zero attached hydrogens (tertiary/aromatic N) is 5. The van der Waals surface area contributed by atoms with E-state index >= 15 is 0 Å². The molecule has 0 atom stereocenters. The smallest absolute Gasteiger partial charge is 0.0992 e. The first-order chi connectivity index (χ1) is 24.7. The van der Waals surface area contributed by atoms with Crippen molar-refractivity contribution in [2.45, 2.75) is 0 Å². The second kappa shape index (κ2) is 11.4. The van der Waals surface area contributed by atoms with Crippen molar-refractivity contribution in [3.8, 4) is 51.8 Å². The van der Waals surface area contributed by atoms with E-state index in [1.165, 1.54) is 10.8 Å². The van der Waals surface area contributed by atoms with Gasteiger partial charge in [0.25, 0.3) is 0 Å². The summed E-state index contributed by atoms with van der Waals surface area (Å²) in [7, 11) is 0. The second-order valence-electron chi connectivity index (χ2n) is 12.3. The molecular formula is C45H25N5. The predicted octanol–water partition coefficient (Wildman–Crippen LogP) is 10.8. The van der Waals surface area contributed by atoms with Crippen LogP contribution in [-0.4, -0.2) is 9.13 Å². The fourth-order valence-corrected chi connectivity index (χ4v) is 7.45. The lowest BCUT2D eigenvalue weighted by Gasteiger charge is -2.18. The largest absolute Gasteiger partial charge is 0.309 e. The van der Waals surface area contributed by atoms with Gasteiger partial charge in [0.2, 0.25) is 0 Å². The minimum atomic E-state index is 0.528. The maximum absolute atomic E-state index is 10.3. The lowest BCUT2D eigenvalue weighted by atomic mass is 9.92. The van der Waals surface area contributed by atoms with Gasteiger partial charge in [-0.3, -0.25) is 0 Å². The third kappa shape index (κ3) is 4.38. The first-order valence-electron chi connectivity index (χ1n) is 16.3. The summed E-state index contributed by atoms with van der Waals surface area (Å²) in [5.41, 5.74) is 11.6. The van der Waals surface area contributed by atoms with Crippen LogP contribution in [0, 0.1) is 34.0 Å². The van der Waals surface area contributed by atoms with Crippen molar-refractivity contribution >= 4 is 43.6 Å². The number of hydrogen-bond acceptors (Lipinski definition) is 3.